The van der Waals surface area contributed by atoms with Crippen LogP contribution in [0.4, 0.5) is 5.69 Å². The molecule has 0 radical (unpaired) electrons. The third-order valence-electron chi connectivity index (χ3n) is 2.96. The van der Waals surface area contributed by atoms with Gasteiger partial charge in [0.1, 0.15) is 11.4 Å². The van der Waals surface area contributed by atoms with Crippen molar-refractivity contribution >= 4 is 11.7 Å². The molecule has 0 saturated carbocycles. The number of nitro groups is 1. The first kappa shape index (κ1) is 14.6. The first-order valence-corrected chi connectivity index (χ1v) is 6.32. The number of aryl methyl sites for hydroxylation is 1. The van der Waals surface area contributed by atoms with E-state index in [1.807, 2.05) is 0 Å². The van der Waals surface area contributed by atoms with Crippen LogP contribution in [0.5, 0.6) is 0 Å². The molecule has 0 spiro atoms. The highest BCUT2D eigenvalue weighted by molar-refractivity contribution is 5.85. The minimum Gasteiger partial charge on any atom is -0.476 e. The lowest BCUT2D eigenvalue weighted by Gasteiger charge is -2.03. The van der Waals surface area contributed by atoms with Gasteiger partial charge < -0.3 is 5.11 Å². The number of carbonyl (C=O) groups is 1. The van der Waals surface area contributed by atoms with E-state index in [0.29, 0.717) is 24.2 Å². The Morgan fingerprint density at radius 2 is 2.05 bits per heavy atom. The van der Waals surface area contributed by atoms with Crippen molar-refractivity contribution in [2.45, 2.75) is 26.7 Å². The van der Waals surface area contributed by atoms with Gasteiger partial charge in [-0.15, -0.1) is 10.2 Å². The number of hydrogen-bond donors (Lipinski definition) is 1. The predicted octanol–water partition coefficient (Wildman–Crippen LogP) is 1.39. The molecule has 0 fully saturated rings. The zero-order chi connectivity index (χ0) is 15.6. The number of hydrogen-bond acceptors (Lipinski definition) is 6. The van der Waals surface area contributed by atoms with Crippen molar-refractivity contribution in [3.8, 4) is 5.82 Å². The molecule has 0 aliphatic heterocycles. The molecule has 21 heavy (non-hydrogen) atoms. The van der Waals surface area contributed by atoms with Crippen LogP contribution in [0.2, 0.25) is 0 Å². The van der Waals surface area contributed by atoms with Crippen molar-refractivity contribution in [2.75, 3.05) is 0 Å². The molecule has 2 aromatic rings. The van der Waals surface area contributed by atoms with Gasteiger partial charge in [0.15, 0.2) is 11.5 Å². The summed E-state index contributed by atoms with van der Waals surface area (Å²) >= 11 is 0. The summed E-state index contributed by atoms with van der Waals surface area (Å²) in [4.78, 5) is 21.5. The van der Waals surface area contributed by atoms with Crippen LogP contribution in [0.1, 0.15) is 35.7 Å². The number of nitrogens with zero attached hydrogens (tertiary/aromatic N) is 5. The molecule has 2 heterocycles. The lowest BCUT2D eigenvalue weighted by atomic mass is 10.2. The van der Waals surface area contributed by atoms with Crippen LogP contribution in [0.15, 0.2) is 12.1 Å². The summed E-state index contributed by atoms with van der Waals surface area (Å²) in [5.41, 5.74) is 0.550. The Bertz CT molecular complexity index is 692. The maximum absolute atomic E-state index is 11.2. The van der Waals surface area contributed by atoms with Gasteiger partial charge in [0.25, 0.3) is 0 Å². The Balaban J connectivity index is 2.58. The van der Waals surface area contributed by atoms with Gasteiger partial charge in [-0.25, -0.2) is 9.48 Å². The van der Waals surface area contributed by atoms with E-state index in [-0.39, 0.29) is 17.2 Å². The van der Waals surface area contributed by atoms with Crippen molar-refractivity contribution in [1.82, 2.24) is 20.0 Å². The third-order valence-corrected chi connectivity index (χ3v) is 2.96. The van der Waals surface area contributed by atoms with Gasteiger partial charge in [-0.3, -0.25) is 10.1 Å². The van der Waals surface area contributed by atoms with Crippen molar-refractivity contribution in [2.24, 2.45) is 0 Å². The molecule has 9 nitrogen and oxygen atoms in total. The Morgan fingerprint density at radius 3 is 2.48 bits per heavy atom. The van der Waals surface area contributed by atoms with Gasteiger partial charge in [0.2, 0.25) is 0 Å². The highest BCUT2D eigenvalue weighted by atomic mass is 16.6. The van der Waals surface area contributed by atoms with E-state index in [4.69, 9.17) is 5.11 Å². The Morgan fingerprint density at radius 1 is 1.33 bits per heavy atom. The van der Waals surface area contributed by atoms with E-state index in [1.54, 1.807) is 13.8 Å². The monoisotopic (exact) mass is 291 g/mol. The molecule has 0 aromatic carbocycles. The molecule has 0 aliphatic carbocycles. The fourth-order valence-electron chi connectivity index (χ4n) is 2.00. The second-order valence-corrected chi connectivity index (χ2v) is 4.20. The minimum atomic E-state index is -1.19. The molecule has 1 N–H and O–H groups in total. The van der Waals surface area contributed by atoms with E-state index >= 15 is 0 Å². The molecule has 0 atom stereocenters. The van der Waals surface area contributed by atoms with E-state index in [9.17, 15) is 14.9 Å². The molecule has 0 saturated heterocycles. The molecular weight excluding hydrogens is 278 g/mol. The summed E-state index contributed by atoms with van der Waals surface area (Å²) in [7, 11) is 0. The van der Waals surface area contributed by atoms with Crippen molar-refractivity contribution < 1.29 is 14.8 Å². The van der Waals surface area contributed by atoms with Gasteiger partial charge in [-0.2, -0.15) is 5.10 Å². The maximum Gasteiger partial charge on any atom is 0.356 e. The highest BCUT2D eigenvalue weighted by Gasteiger charge is 2.26. The van der Waals surface area contributed by atoms with Crippen LogP contribution in [-0.2, 0) is 12.8 Å². The summed E-state index contributed by atoms with van der Waals surface area (Å²) < 4.78 is 1.34. The van der Waals surface area contributed by atoms with Crippen LogP contribution < -0.4 is 0 Å². The minimum absolute atomic E-state index is 0.0240. The van der Waals surface area contributed by atoms with E-state index in [1.165, 1.54) is 16.8 Å². The second kappa shape index (κ2) is 5.65. The SMILES string of the molecule is CCc1nn(-c2ccc(C(=O)O)nn2)c(CC)c1[N+](=O)[O-]. The lowest BCUT2D eigenvalue weighted by molar-refractivity contribution is -0.386. The van der Waals surface area contributed by atoms with Crippen molar-refractivity contribution in [1.29, 1.82) is 0 Å². The smallest absolute Gasteiger partial charge is 0.356 e. The standard InChI is InChI=1S/C12H13N5O4/c1-3-7-11(17(20)21)9(4-2)16(15-7)10-6-5-8(12(18)19)13-14-10/h5-6H,3-4H2,1-2H3,(H,18,19). The summed E-state index contributed by atoms with van der Waals surface area (Å²) in [6, 6.07) is 2.70. The molecule has 0 bridgehead atoms. The van der Waals surface area contributed by atoms with Gasteiger partial charge in [0, 0.05) is 0 Å². The number of carboxylic acids is 1. The number of aromatic nitrogens is 4. The Kier molecular flexibility index (Phi) is 3.92. The summed E-state index contributed by atoms with van der Waals surface area (Å²) in [5, 5.41) is 31.5. The summed E-state index contributed by atoms with van der Waals surface area (Å²) in [6.45, 7) is 3.55. The predicted molar refractivity (Wildman–Crippen MR) is 71.5 cm³/mol. The number of aromatic carboxylic acids is 1. The first-order chi connectivity index (χ1) is 9.99. The summed E-state index contributed by atoms with van der Waals surface area (Å²) in [6.07, 6.45) is 0.808. The number of carboxylic acid groups (broad SMARTS) is 1. The molecule has 2 aromatic heterocycles. The van der Waals surface area contributed by atoms with Gasteiger partial charge in [0.05, 0.1) is 4.92 Å². The topological polar surface area (TPSA) is 124 Å². The normalized spacial score (nSPS) is 10.6. The average Bonchev–Trinajstić information content (AvgIpc) is 2.86. The Hall–Kier alpha value is -2.84. The summed E-state index contributed by atoms with van der Waals surface area (Å²) in [5.74, 6) is -0.940. The van der Waals surface area contributed by atoms with E-state index < -0.39 is 10.9 Å². The molecule has 0 amide bonds. The van der Waals surface area contributed by atoms with Crippen LogP contribution in [0.3, 0.4) is 0 Å². The van der Waals surface area contributed by atoms with Crippen LogP contribution in [0, 0.1) is 10.1 Å². The van der Waals surface area contributed by atoms with Crippen molar-refractivity contribution in [3.63, 3.8) is 0 Å². The Labute approximate surface area is 119 Å². The maximum atomic E-state index is 11.2. The van der Waals surface area contributed by atoms with Crippen LogP contribution in [-0.4, -0.2) is 36.0 Å². The molecular formula is C12H13N5O4. The van der Waals surface area contributed by atoms with Gasteiger partial charge in [-0.1, -0.05) is 13.8 Å². The molecule has 2 rings (SSSR count). The molecule has 0 aliphatic rings. The van der Waals surface area contributed by atoms with Gasteiger partial charge >= 0.3 is 11.7 Å². The number of rotatable bonds is 5. The fraction of sp³-hybridized carbons (Fsp3) is 0.333. The van der Waals surface area contributed by atoms with Gasteiger partial charge in [-0.05, 0) is 25.0 Å². The second-order valence-electron chi connectivity index (χ2n) is 4.20. The molecule has 110 valence electrons. The van der Waals surface area contributed by atoms with Crippen LogP contribution in [0.25, 0.3) is 5.82 Å². The van der Waals surface area contributed by atoms with Crippen molar-refractivity contribution in [3.05, 3.63) is 39.3 Å². The average molecular weight is 291 g/mol. The zero-order valence-corrected chi connectivity index (χ0v) is 11.5. The van der Waals surface area contributed by atoms with Crippen LogP contribution >= 0.6 is 0 Å². The van der Waals surface area contributed by atoms with E-state index in [0.717, 1.165) is 0 Å². The molecule has 0 unspecified atom stereocenters. The van der Waals surface area contributed by atoms with E-state index in [2.05, 4.69) is 15.3 Å². The quantitative estimate of drug-likeness (QED) is 0.651. The molecule has 9 heteroatoms. The first-order valence-electron chi connectivity index (χ1n) is 6.32. The fourth-order valence-corrected chi connectivity index (χ4v) is 2.00. The zero-order valence-electron chi connectivity index (χ0n) is 11.5. The third kappa shape index (κ3) is 2.57. The largest absolute Gasteiger partial charge is 0.476 e. The lowest BCUT2D eigenvalue weighted by Crippen LogP contribution is -2.08. The highest BCUT2D eigenvalue weighted by Crippen LogP contribution is 2.26.